The Morgan fingerprint density at radius 1 is 1.05 bits per heavy atom. The van der Waals surface area contributed by atoms with Gasteiger partial charge in [0.25, 0.3) is 0 Å². The highest BCUT2D eigenvalue weighted by molar-refractivity contribution is 5.79. The number of aryl methyl sites for hydroxylation is 1. The summed E-state index contributed by atoms with van der Waals surface area (Å²) < 4.78 is 17.5. The molecule has 9 nitrogen and oxygen atoms in total. The molecule has 9 heteroatoms. The fraction of sp³-hybridized carbons (Fsp3) is 0.588. The number of aliphatic carboxylic acids is 1. The molecule has 0 aliphatic carbocycles. The molecule has 0 radical (unpaired) electrons. The van der Waals surface area contributed by atoms with Crippen LogP contribution >= 0.6 is 0 Å². The first-order valence-electron chi connectivity index (χ1n) is 15.7. The van der Waals surface area contributed by atoms with E-state index in [2.05, 4.69) is 39.0 Å². The van der Waals surface area contributed by atoms with Crippen LogP contribution in [0.15, 0.2) is 42.5 Å². The lowest BCUT2D eigenvalue weighted by molar-refractivity contribution is -0.870. The van der Waals surface area contributed by atoms with Crippen molar-refractivity contribution in [2.45, 2.75) is 57.4 Å². The predicted molar refractivity (Wildman–Crippen MR) is 167 cm³/mol. The quantitative estimate of drug-likeness (QED) is 0.283. The largest absolute Gasteiger partial charge is 0.496 e. The molecule has 0 saturated carbocycles. The number of benzene rings is 2. The minimum Gasteiger partial charge on any atom is -0.496 e. The SMILES string of the molecule is CCCCN(CCC[N+](C)(C)C)C(=O)CN1C[C@H](c2ccc3c(c2)OCO3)[C@@H](C(=O)O)[C@@H]1CCCc1ccccc1OC. The lowest BCUT2D eigenvalue weighted by Gasteiger charge is -2.31. The van der Waals surface area contributed by atoms with E-state index in [0.717, 1.165) is 66.6 Å². The highest BCUT2D eigenvalue weighted by Gasteiger charge is 2.47. The normalized spacial score (nSPS) is 19.9. The van der Waals surface area contributed by atoms with E-state index in [0.29, 0.717) is 31.0 Å². The van der Waals surface area contributed by atoms with Crippen molar-refractivity contribution in [3.05, 3.63) is 53.6 Å². The van der Waals surface area contributed by atoms with Gasteiger partial charge in [0.15, 0.2) is 11.5 Å². The van der Waals surface area contributed by atoms with E-state index in [9.17, 15) is 14.7 Å². The summed E-state index contributed by atoms with van der Waals surface area (Å²) in [6.45, 7) is 5.46. The molecule has 0 bridgehead atoms. The molecular weight excluding hydrogens is 546 g/mol. The van der Waals surface area contributed by atoms with Gasteiger partial charge in [-0.1, -0.05) is 37.6 Å². The third-order valence-corrected chi connectivity index (χ3v) is 8.73. The molecule has 0 unspecified atom stereocenters. The van der Waals surface area contributed by atoms with Gasteiger partial charge in [0.1, 0.15) is 5.75 Å². The second-order valence-corrected chi connectivity index (χ2v) is 12.9. The van der Waals surface area contributed by atoms with E-state index in [1.807, 2.05) is 41.3 Å². The number of hydrogen-bond acceptors (Lipinski definition) is 6. The highest BCUT2D eigenvalue weighted by atomic mass is 16.7. The first-order valence-corrected chi connectivity index (χ1v) is 15.7. The number of carboxylic acids is 1. The Kier molecular flexibility index (Phi) is 11.3. The molecule has 1 N–H and O–H groups in total. The van der Waals surface area contributed by atoms with Gasteiger partial charge in [-0.05, 0) is 55.0 Å². The van der Waals surface area contributed by atoms with E-state index in [1.165, 1.54) is 0 Å². The van der Waals surface area contributed by atoms with Gasteiger partial charge in [0.2, 0.25) is 12.7 Å². The molecule has 2 aliphatic heterocycles. The maximum Gasteiger partial charge on any atom is 0.308 e. The zero-order chi connectivity index (χ0) is 31.0. The number of amides is 1. The van der Waals surface area contributed by atoms with Gasteiger partial charge >= 0.3 is 5.97 Å². The topological polar surface area (TPSA) is 88.5 Å². The van der Waals surface area contributed by atoms with Gasteiger partial charge in [-0.3, -0.25) is 14.5 Å². The van der Waals surface area contributed by atoms with E-state index in [4.69, 9.17) is 14.2 Å². The Bertz CT molecular complexity index is 1230. The Balaban J connectivity index is 1.55. The third-order valence-electron chi connectivity index (χ3n) is 8.73. The summed E-state index contributed by atoms with van der Waals surface area (Å²) in [7, 11) is 8.17. The fourth-order valence-corrected chi connectivity index (χ4v) is 6.46. The lowest BCUT2D eigenvalue weighted by Crippen LogP contribution is -2.45. The lowest BCUT2D eigenvalue weighted by atomic mass is 9.83. The monoisotopic (exact) mass is 596 g/mol. The molecule has 2 aromatic carbocycles. The average Bonchev–Trinajstić information content (AvgIpc) is 3.58. The second-order valence-electron chi connectivity index (χ2n) is 12.9. The van der Waals surface area contributed by atoms with Crippen molar-refractivity contribution in [3.63, 3.8) is 0 Å². The number of ether oxygens (including phenoxy) is 3. The third kappa shape index (κ3) is 8.63. The highest BCUT2D eigenvalue weighted by Crippen LogP contribution is 2.43. The number of carbonyl (C=O) groups is 2. The minimum absolute atomic E-state index is 0.0834. The van der Waals surface area contributed by atoms with E-state index >= 15 is 0 Å². The summed E-state index contributed by atoms with van der Waals surface area (Å²) in [6.07, 6.45) is 5.13. The zero-order valence-electron chi connectivity index (χ0n) is 26.6. The number of unbranched alkanes of at least 4 members (excludes halogenated alkanes) is 1. The number of quaternary nitrogens is 1. The number of para-hydroxylation sites is 1. The number of carboxylic acid groups (broad SMARTS) is 1. The molecule has 1 amide bonds. The van der Waals surface area contributed by atoms with Crippen LogP contribution in [-0.4, -0.2) is 105 Å². The van der Waals surface area contributed by atoms with Gasteiger partial charge in [-0.2, -0.15) is 0 Å². The van der Waals surface area contributed by atoms with Crippen LogP contribution in [0.3, 0.4) is 0 Å². The average molecular weight is 597 g/mol. The standard InChI is InChI=1S/C34H49N3O6/c1-6-7-18-35(19-11-20-37(2,3)4)32(38)23-36-22-27(26-16-17-30-31(21-26)43-24-42-30)33(34(39)40)28(36)14-10-13-25-12-8-9-15-29(25)41-5/h8-9,12,15-17,21,27-28,33H,6-7,10-11,13-14,18-20,22-24H2,1-5H3/p+1/t27-,28+,33-/m1/s1. The van der Waals surface area contributed by atoms with Crippen molar-refractivity contribution in [3.8, 4) is 17.2 Å². The van der Waals surface area contributed by atoms with Crippen LogP contribution in [0.5, 0.6) is 17.2 Å². The first kappa shape index (κ1) is 32.6. The Hall–Kier alpha value is -3.30. The van der Waals surface area contributed by atoms with Gasteiger partial charge in [-0.15, -0.1) is 0 Å². The number of methoxy groups -OCH3 is 1. The van der Waals surface area contributed by atoms with E-state index in [-0.39, 0.29) is 31.2 Å². The Labute approximate surface area is 256 Å². The van der Waals surface area contributed by atoms with Crippen LogP contribution in [0.1, 0.15) is 56.1 Å². The summed E-state index contributed by atoms with van der Waals surface area (Å²) in [5.74, 6) is 0.507. The van der Waals surface area contributed by atoms with Crippen molar-refractivity contribution in [2.75, 3.05) is 67.8 Å². The first-order chi connectivity index (χ1) is 20.6. The number of likely N-dealkylation sites (tertiary alicyclic amines) is 1. The molecule has 2 heterocycles. The van der Waals surface area contributed by atoms with Gasteiger partial charge < -0.3 is 28.7 Å². The number of nitrogens with zero attached hydrogens (tertiary/aromatic N) is 3. The molecule has 43 heavy (non-hydrogen) atoms. The van der Waals surface area contributed by atoms with Gasteiger partial charge in [-0.25, -0.2) is 0 Å². The summed E-state index contributed by atoms with van der Waals surface area (Å²) >= 11 is 0. The second kappa shape index (κ2) is 14.9. The minimum atomic E-state index is -0.828. The molecule has 0 aromatic heterocycles. The molecule has 1 fully saturated rings. The van der Waals surface area contributed by atoms with Crippen molar-refractivity contribution in [1.29, 1.82) is 0 Å². The van der Waals surface area contributed by atoms with Crippen LogP contribution < -0.4 is 14.2 Å². The molecule has 2 aliphatic rings. The van der Waals surface area contributed by atoms with Gasteiger partial charge in [0, 0.05) is 38.0 Å². The summed E-state index contributed by atoms with van der Waals surface area (Å²) in [6, 6.07) is 13.4. The number of carbonyl (C=O) groups excluding carboxylic acids is 1. The predicted octanol–water partition coefficient (Wildman–Crippen LogP) is 4.64. The smallest absolute Gasteiger partial charge is 0.308 e. The Morgan fingerprint density at radius 2 is 1.79 bits per heavy atom. The molecule has 0 spiro atoms. The maximum absolute atomic E-state index is 13.8. The van der Waals surface area contributed by atoms with Crippen molar-refractivity contribution in [2.24, 2.45) is 5.92 Å². The van der Waals surface area contributed by atoms with Crippen LogP contribution in [0.25, 0.3) is 0 Å². The van der Waals surface area contributed by atoms with Crippen LogP contribution in [0.2, 0.25) is 0 Å². The molecule has 2 aromatic rings. The summed E-state index contributed by atoms with van der Waals surface area (Å²) in [5, 5.41) is 10.6. The zero-order valence-corrected chi connectivity index (χ0v) is 26.6. The van der Waals surface area contributed by atoms with Crippen molar-refractivity contribution < 1.29 is 33.4 Å². The van der Waals surface area contributed by atoms with Crippen molar-refractivity contribution >= 4 is 11.9 Å². The summed E-state index contributed by atoms with van der Waals surface area (Å²) in [4.78, 5) is 30.9. The summed E-state index contributed by atoms with van der Waals surface area (Å²) in [5.41, 5.74) is 2.01. The number of hydrogen-bond donors (Lipinski definition) is 1. The number of fused-ring (bicyclic) bond motifs is 1. The van der Waals surface area contributed by atoms with Crippen LogP contribution in [0.4, 0.5) is 0 Å². The van der Waals surface area contributed by atoms with E-state index in [1.54, 1.807) is 7.11 Å². The molecule has 3 atom stereocenters. The van der Waals surface area contributed by atoms with E-state index < -0.39 is 11.9 Å². The fourth-order valence-electron chi connectivity index (χ4n) is 6.46. The van der Waals surface area contributed by atoms with Crippen molar-refractivity contribution in [1.82, 2.24) is 9.80 Å². The Morgan fingerprint density at radius 3 is 2.51 bits per heavy atom. The molecule has 236 valence electrons. The molecule has 4 rings (SSSR count). The van der Waals surface area contributed by atoms with Crippen LogP contribution in [0, 0.1) is 5.92 Å². The maximum atomic E-state index is 13.8. The van der Waals surface area contributed by atoms with Crippen LogP contribution in [-0.2, 0) is 16.0 Å². The number of rotatable bonds is 16. The molecule has 1 saturated heterocycles. The van der Waals surface area contributed by atoms with Gasteiger partial charge in [0.05, 0.1) is 47.3 Å². The molecular formula is C34H50N3O6+.